The number of carbonyl (C=O) groups is 1. The number of amides is 1. The van der Waals surface area contributed by atoms with Gasteiger partial charge in [-0.15, -0.1) is 0 Å². The first-order valence-corrected chi connectivity index (χ1v) is 10.6. The lowest BCUT2D eigenvalue weighted by Gasteiger charge is -2.10. The van der Waals surface area contributed by atoms with E-state index in [1.54, 1.807) is 30.3 Å². The van der Waals surface area contributed by atoms with Crippen molar-refractivity contribution in [3.05, 3.63) is 80.7 Å². The summed E-state index contributed by atoms with van der Waals surface area (Å²) in [5, 5.41) is 12.3. The van der Waals surface area contributed by atoms with E-state index in [9.17, 15) is 10.1 Å². The minimum atomic E-state index is -0.444. The Labute approximate surface area is 190 Å². The molecular formula is C24H22IN3O2. The van der Waals surface area contributed by atoms with Crippen molar-refractivity contribution in [2.75, 3.05) is 11.9 Å². The van der Waals surface area contributed by atoms with Crippen molar-refractivity contribution in [2.45, 2.75) is 20.8 Å². The molecule has 1 N–H and O–H groups in total. The fourth-order valence-corrected chi connectivity index (χ4v) is 3.58. The zero-order valence-electron chi connectivity index (χ0n) is 17.1. The molecule has 0 saturated heterocycles. The normalized spacial score (nSPS) is 11.1. The quantitative estimate of drug-likeness (QED) is 0.265. The van der Waals surface area contributed by atoms with Crippen LogP contribution in [0.2, 0.25) is 0 Å². The number of hydrogen-bond acceptors (Lipinski definition) is 3. The third-order valence-electron chi connectivity index (χ3n) is 4.64. The van der Waals surface area contributed by atoms with Gasteiger partial charge in [0.05, 0.1) is 6.61 Å². The number of ether oxygens (including phenoxy) is 1. The number of nitriles is 1. The Morgan fingerprint density at radius 1 is 1.17 bits per heavy atom. The molecule has 0 fully saturated rings. The first kappa shape index (κ1) is 21.7. The van der Waals surface area contributed by atoms with Gasteiger partial charge in [0.2, 0.25) is 0 Å². The third-order valence-corrected chi connectivity index (χ3v) is 5.36. The average Bonchev–Trinajstić information content (AvgIpc) is 3.01. The van der Waals surface area contributed by atoms with Crippen molar-refractivity contribution in [3.8, 4) is 17.5 Å². The molecule has 1 aromatic heterocycles. The van der Waals surface area contributed by atoms with Crippen LogP contribution in [0.3, 0.4) is 0 Å². The molecule has 0 aliphatic carbocycles. The summed E-state index contributed by atoms with van der Waals surface area (Å²) in [4.78, 5) is 12.6. The number of rotatable bonds is 6. The van der Waals surface area contributed by atoms with Gasteiger partial charge in [0.15, 0.2) is 0 Å². The van der Waals surface area contributed by atoms with Crippen molar-refractivity contribution in [2.24, 2.45) is 0 Å². The number of carbonyl (C=O) groups excluding carboxylic acids is 1. The molecule has 0 aliphatic rings. The standard InChI is InChI=1S/C24H22IN3O2/c1-4-30-23-11-7-21(8-12-23)27-24(29)19(15-26)14-18-13-16(2)28(17(18)3)22-9-5-20(25)6-10-22/h5-14H,4H2,1-3H3,(H,27,29). The van der Waals surface area contributed by atoms with Crippen molar-refractivity contribution < 1.29 is 9.53 Å². The van der Waals surface area contributed by atoms with Crippen LogP contribution in [-0.4, -0.2) is 17.1 Å². The molecule has 1 heterocycles. The number of aryl methyl sites for hydroxylation is 1. The lowest BCUT2D eigenvalue weighted by molar-refractivity contribution is -0.112. The van der Waals surface area contributed by atoms with E-state index in [0.717, 1.165) is 32.0 Å². The number of aromatic nitrogens is 1. The van der Waals surface area contributed by atoms with Crippen LogP contribution in [0.4, 0.5) is 5.69 Å². The highest BCUT2D eigenvalue weighted by Crippen LogP contribution is 2.24. The third kappa shape index (κ3) is 4.92. The fraction of sp³-hybridized carbons (Fsp3) is 0.167. The Morgan fingerprint density at radius 3 is 2.43 bits per heavy atom. The summed E-state index contributed by atoms with van der Waals surface area (Å²) in [6.07, 6.45) is 1.63. The van der Waals surface area contributed by atoms with Gasteiger partial charge in [-0.05, 0) is 110 Å². The van der Waals surface area contributed by atoms with Gasteiger partial charge in [-0.2, -0.15) is 5.26 Å². The molecule has 30 heavy (non-hydrogen) atoms. The van der Waals surface area contributed by atoms with Gasteiger partial charge in [-0.1, -0.05) is 0 Å². The molecule has 0 aliphatic heterocycles. The summed E-state index contributed by atoms with van der Waals surface area (Å²) >= 11 is 2.28. The highest BCUT2D eigenvalue weighted by atomic mass is 127. The van der Waals surface area contributed by atoms with Crippen LogP contribution < -0.4 is 10.1 Å². The van der Waals surface area contributed by atoms with Crippen molar-refractivity contribution in [3.63, 3.8) is 0 Å². The molecule has 3 aromatic rings. The van der Waals surface area contributed by atoms with E-state index in [1.807, 2.05) is 32.9 Å². The number of benzene rings is 2. The molecule has 2 aromatic carbocycles. The number of anilines is 1. The van der Waals surface area contributed by atoms with Crippen LogP contribution in [0.5, 0.6) is 5.75 Å². The number of nitrogens with zero attached hydrogens (tertiary/aromatic N) is 2. The predicted molar refractivity (Wildman–Crippen MR) is 128 cm³/mol. The maximum absolute atomic E-state index is 12.6. The van der Waals surface area contributed by atoms with E-state index < -0.39 is 5.91 Å². The molecule has 0 bridgehead atoms. The van der Waals surface area contributed by atoms with E-state index in [0.29, 0.717) is 12.3 Å². The predicted octanol–water partition coefficient (Wildman–Crippen LogP) is 5.64. The van der Waals surface area contributed by atoms with E-state index >= 15 is 0 Å². The minimum Gasteiger partial charge on any atom is -0.494 e. The maximum atomic E-state index is 12.6. The Bertz CT molecular complexity index is 1120. The lowest BCUT2D eigenvalue weighted by atomic mass is 10.1. The molecule has 0 saturated carbocycles. The van der Waals surface area contributed by atoms with Crippen LogP contribution >= 0.6 is 22.6 Å². The Morgan fingerprint density at radius 2 is 1.83 bits per heavy atom. The largest absolute Gasteiger partial charge is 0.494 e. The monoisotopic (exact) mass is 511 g/mol. The smallest absolute Gasteiger partial charge is 0.266 e. The van der Waals surface area contributed by atoms with Crippen LogP contribution in [0.1, 0.15) is 23.9 Å². The summed E-state index contributed by atoms with van der Waals surface area (Å²) in [6, 6.07) is 19.3. The van der Waals surface area contributed by atoms with Gasteiger partial charge in [-0.3, -0.25) is 4.79 Å². The highest BCUT2D eigenvalue weighted by Gasteiger charge is 2.14. The fourth-order valence-electron chi connectivity index (χ4n) is 3.22. The molecule has 0 unspecified atom stereocenters. The summed E-state index contributed by atoms with van der Waals surface area (Å²) in [5.41, 5.74) is 4.53. The lowest BCUT2D eigenvalue weighted by Crippen LogP contribution is -2.13. The summed E-state index contributed by atoms with van der Waals surface area (Å²) < 4.78 is 8.68. The van der Waals surface area contributed by atoms with E-state index in [-0.39, 0.29) is 5.57 Å². The van der Waals surface area contributed by atoms with Gasteiger partial charge in [0.25, 0.3) is 5.91 Å². The van der Waals surface area contributed by atoms with Gasteiger partial charge in [0.1, 0.15) is 17.4 Å². The van der Waals surface area contributed by atoms with Gasteiger partial charge >= 0.3 is 0 Å². The molecule has 152 valence electrons. The zero-order valence-corrected chi connectivity index (χ0v) is 19.2. The van der Waals surface area contributed by atoms with Crippen LogP contribution in [0.25, 0.3) is 11.8 Å². The molecule has 0 atom stereocenters. The number of hydrogen-bond donors (Lipinski definition) is 1. The van der Waals surface area contributed by atoms with Crippen LogP contribution in [0.15, 0.2) is 60.2 Å². The van der Waals surface area contributed by atoms with Crippen LogP contribution in [-0.2, 0) is 4.79 Å². The zero-order chi connectivity index (χ0) is 21.7. The SMILES string of the molecule is CCOc1ccc(NC(=O)C(C#N)=Cc2cc(C)n(-c3ccc(I)cc3)c2C)cc1. The minimum absolute atomic E-state index is 0.0479. The maximum Gasteiger partial charge on any atom is 0.266 e. The Hall–Kier alpha value is -3.05. The molecule has 5 nitrogen and oxygen atoms in total. The Kier molecular flexibility index (Phi) is 6.95. The summed E-state index contributed by atoms with van der Waals surface area (Å²) in [5.74, 6) is 0.287. The molecule has 0 radical (unpaired) electrons. The van der Waals surface area contributed by atoms with E-state index in [1.165, 1.54) is 0 Å². The van der Waals surface area contributed by atoms with E-state index in [2.05, 4.69) is 56.7 Å². The molecular weight excluding hydrogens is 489 g/mol. The first-order chi connectivity index (χ1) is 14.4. The molecule has 1 amide bonds. The van der Waals surface area contributed by atoms with Gasteiger partial charge in [0, 0.05) is 26.3 Å². The molecule has 3 rings (SSSR count). The van der Waals surface area contributed by atoms with Gasteiger partial charge in [-0.25, -0.2) is 0 Å². The van der Waals surface area contributed by atoms with Crippen LogP contribution in [0, 0.1) is 28.7 Å². The first-order valence-electron chi connectivity index (χ1n) is 9.53. The average molecular weight is 511 g/mol. The second kappa shape index (κ2) is 9.63. The number of nitrogens with one attached hydrogen (secondary N) is 1. The molecule has 0 spiro atoms. The Balaban J connectivity index is 1.85. The van der Waals surface area contributed by atoms with Crippen molar-refractivity contribution in [1.82, 2.24) is 4.57 Å². The van der Waals surface area contributed by atoms with Gasteiger partial charge < -0.3 is 14.6 Å². The highest BCUT2D eigenvalue weighted by molar-refractivity contribution is 14.1. The number of halogens is 1. The second-order valence-electron chi connectivity index (χ2n) is 6.72. The topological polar surface area (TPSA) is 67.0 Å². The van der Waals surface area contributed by atoms with E-state index in [4.69, 9.17) is 4.74 Å². The second-order valence-corrected chi connectivity index (χ2v) is 7.97. The summed E-state index contributed by atoms with van der Waals surface area (Å²) in [7, 11) is 0. The van der Waals surface area contributed by atoms with Crippen molar-refractivity contribution in [1.29, 1.82) is 5.26 Å². The van der Waals surface area contributed by atoms with Crippen molar-refractivity contribution >= 4 is 40.3 Å². The summed E-state index contributed by atoms with van der Waals surface area (Å²) in [6.45, 7) is 6.48. The molecule has 6 heteroatoms.